The predicted molar refractivity (Wildman–Crippen MR) is 102 cm³/mol. The van der Waals surface area contributed by atoms with Crippen LogP contribution in [0.5, 0.6) is 0 Å². The van der Waals surface area contributed by atoms with Crippen molar-refractivity contribution < 1.29 is 9.90 Å². The van der Waals surface area contributed by atoms with Gasteiger partial charge in [0.25, 0.3) is 5.91 Å². The largest absolute Gasteiger partial charge is 0.394 e. The van der Waals surface area contributed by atoms with Crippen molar-refractivity contribution in [2.75, 3.05) is 6.61 Å². The van der Waals surface area contributed by atoms with E-state index in [1.54, 1.807) is 12.1 Å². The molecule has 3 aromatic rings. The molecule has 0 saturated carbocycles. The number of H-pyrrole nitrogens is 1. The number of aromatic nitrogens is 2. The van der Waals surface area contributed by atoms with Crippen LogP contribution in [0.4, 0.5) is 0 Å². The molecule has 1 atom stereocenters. The summed E-state index contributed by atoms with van der Waals surface area (Å²) in [6.45, 7) is 1.87. The Morgan fingerprint density at radius 2 is 1.96 bits per heavy atom. The summed E-state index contributed by atoms with van der Waals surface area (Å²) >= 11 is 6.17. The fraction of sp³-hybridized carbons (Fsp3) is 0.200. The minimum atomic E-state index is -0.378. The van der Waals surface area contributed by atoms with Crippen LogP contribution in [0.1, 0.15) is 21.6 Å². The molecule has 0 aliphatic carbocycles. The van der Waals surface area contributed by atoms with Gasteiger partial charge in [-0.2, -0.15) is 5.10 Å². The number of amides is 1. The number of aliphatic hydroxyl groups excluding tert-OH is 1. The summed E-state index contributed by atoms with van der Waals surface area (Å²) in [6, 6.07) is 16.6. The number of aliphatic hydroxyl groups is 1. The minimum Gasteiger partial charge on any atom is -0.394 e. The molecule has 0 radical (unpaired) electrons. The number of nitrogens with one attached hydrogen (secondary N) is 2. The van der Waals surface area contributed by atoms with Gasteiger partial charge >= 0.3 is 0 Å². The second kappa shape index (κ2) is 8.17. The molecule has 0 unspecified atom stereocenters. The summed E-state index contributed by atoms with van der Waals surface area (Å²) in [6.07, 6.45) is 0.550. The predicted octanol–water partition coefficient (Wildman–Crippen LogP) is 3.37. The highest BCUT2D eigenvalue weighted by Gasteiger charge is 2.17. The molecule has 3 rings (SSSR count). The van der Waals surface area contributed by atoms with Crippen LogP contribution in [-0.2, 0) is 6.42 Å². The summed E-state index contributed by atoms with van der Waals surface area (Å²) in [5, 5.41) is 19.9. The second-order valence-electron chi connectivity index (χ2n) is 6.19. The van der Waals surface area contributed by atoms with Crippen molar-refractivity contribution in [2.24, 2.45) is 0 Å². The first-order valence-corrected chi connectivity index (χ1v) is 8.72. The lowest BCUT2D eigenvalue weighted by Crippen LogP contribution is -2.39. The standard InChI is InChI=1S/C20H20ClN3O2/c1-13-6-8-14(9-7-13)10-15(12-25)22-20(26)19-11-18(23-24-19)16-4-2-3-5-17(16)21/h2-9,11,15,25H,10,12H2,1H3,(H,22,26)(H,23,24)/t15-/m1/s1. The zero-order valence-corrected chi connectivity index (χ0v) is 15.1. The van der Waals surface area contributed by atoms with E-state index in [0.717, 1.165) is 11.1 Å². The number of halogens is 1. The van der Waals surface area contributed by atoms with Gasteiger partial charge in [0, 0.05) is 5.56 Å². The summed E-state index contributed by atoms with van der Waals surface area (Å²) in [4.78, 5) is 12.5. The van der Waals surface area contributed by atoms with Crippen LogP contribution in [0.2, 0.25) is 5.02 Å². The third kappa shape index (κ3) is 4.31. The molecular formula is C20H20ClN3O2. The quantitative estimate of drug-likeness (QED) is 0.623. The summed E-state index contributed by atoms with van der Waals surface area (Å²) in [5.41, 5.74) is 3.89. The summed E-state index contributed by atoms with van der Waals surface area (Å²) in [7, 11) is 0. The van der Waals surface area contributed by atoms with Crippen LogP contribution < -0.4 is 5.32 Å². The average Bonchev–Trinajstić information content (AvgIpc) is 3.13. The molecule has 0 aliphatic rings. The van der Waals surface area contributed by atoms with Crippen LogP contribution in [0.15, 0.2) is 54.6 Å². The third-order valence-corrected chi connectivity index (χ3v) is 4.46. The second-order valence-corrected chi connectivity index (χ2v) is 6.60. The van der Waals surface area contributed by atoms with Gasteiger partial charge in [-0.3, -0.25) is 9.89 Å². The van der Waals surface area contributed by atoms with Gasteiger partial charge in [-0.1, -0.05) is 59.6 Å². The van der Waals surface area contributed by atoms with E-state index in [1.165, 1.54) is 5.56 Å². The Bertz CT molecular complexity index is 890. The molecule has 6 heteroatoms. The maximum absolute atomic E-state index is 12.5. The molecule has 1 amide bonds. The number of aromatic amines is 1. The van der Waals surface area contributed by atoms with Crippen molar-refractivity contribution >= 4 is 17.5 Å². The maximum Gasteiger partial charge on any atom is 0.269 e. The first-order valence-electron chi connectivity index (χ1n) is 8.34. The molecule has 0 saturated heterocycles. The van der Waals surface area contributed by atoms with Crippen LogP contribution in [0.25, 0.3) is 11.3 Å². The maximum atomic E-state index is 12.5. The number of benzene rings is 2. The molecule has 1 aromatic heterocycles. The van der Waals surface area contributed by atoms with Gasteiger partial charge in [0.1, 0.15) is 5.69 Å². The smallest absolute Gasteiger partial charge is 0.269 e. The normalized spacial score (nSPS) is 12.0. The molecule has 1 heterocycles. The monoisotopic (exact) mass is 369 g/mol. The number of hydrogen-bond acceptors (Lipinski definition) is 3. The van der Waals surface area contributed by atoms with E-state index in [4.69, 9.17) is 11.6 Å². The summed E-state index contributed by atoms with van der Waals surface area (Å²) < 4.78 is 0. The highest BCUT2D eigenvalue weighted by atomic mass is 35.5. The fourth-order valence-corrected chi connectivity index (χ4v) is 2.91. The minimum absolute atomic E-state index is 0.148. The third-order valence-electron chi connectivity index (χ3n) is 4.13. The van der Waals surface area contributed by atoms with E-state index < -0.39 is 0 Å². The van der Waals surface area contributed by atoms with Gasteiger partial charge in [0.2, 0.25) is 0 Å². The molecule has 5 nitrogen and oxygen atoms in total. The molecule has 2 aromatic carbocycles. The lowest BCUT2D eigenvalue weighted by atomic mass is 10.0. The number of carbonyl (C=O) groups is 1. The van der Waals surface area contributed by atoms with Crippen LogP contribution in [0, 0.1) is 6.92 Å². The Morgan fingerprint density at radius 3 is 2.65 bits per heavy atom. The van der Waals surface area contributed by atoms with Gasteiger partial charge in [-0.15, -0.1) is 0 Å². The molecule has 26 heavy (non-hydrogen) atoms. The molecule has 0 fully saturated rings. The zero-order chi connectivity index (χ0) is 18.5. The number of hydrogen-bond donors (Lipinski definition) is 3. The Labute approximate surface area is 157 Å². The highest BCUT2D eigenvalue weighted by molar-refractivity contribution is 6.33. The SMILES string of the molecule is Cc1ccc(C[C@H](CO)NC(=O)c2cc(-c3ccccc3Cl)n[nH]2)cc1. The number of nitrogens with zero attached hydrogens (tertiary/aromatic N) is 1. The van der Waals surface area contributed by atoms with Crippen LogP contribution in [-0.4, -0.2) is 33.9 Å². The molecule has 0 spiro atoms. The van der Waals surface area contributed by atoms with Gasteiger partial charge < -0.3 is 10.4 Å². The first kappa shape index (κ1) is 18.2. The molecule has 0 bridgehead atoms. The van der Waals surface area contributed by atoms with Gasteiger partial charge in [-0.25, -0.2) is 0 Å². The number of carbonyl (C=O) groups excluding carboxylic acids is 1. The Morgan fingerprint density at radius 1 is 1.23 bits per heavy atom. The van der Waals surface area contributed by atoms with E-state index in [1.807, 2.05) is 49.4 Å². The average molecular weight is 370 g/mol. The van der Waals surface area contributed by atoms with Crippen molar-refractivity contribution in [3.8, 4) is 11.3 Å². The lowest BCUT2D eigenvalue weighted by Gasteiger charge is -2.16. The van der Waals surface area contributed by atoms with Gasteiger partial charge in [0.15, 0.2) is 0 Å². The van der Waals surface area contributed by atoms with E-state index in [-0.39, 0.29) is 18.6 Å². The topological polar surface area (TPSA) is 78.0 Å². The summed E-state index contributed by atoms with van der Waals surface area (Å²) in [5.74, 6) is -0.318. The van der Waals surface area contributed by atoms with Crippen molar-refractivity contribution in [1.82, 2.24) is 15.5 Å². The first-order chi connectivity index (χ1) is 12.6. The lowest BCUT2D eigenvalue weighted by molar-refractivity contribution is 0.0911. The fourth-order valence-electron chi connectivity index (χ4n) is 2.68. The highest BCUT2D eigenvalue weighted by Crippen LogP contribution is 2.26. The van der Waals surface area contributed by atoms with Crippen LogP contribution >= 0.6 is 11.6 Å². The van der Waals surface area contributed by atoms with Crippen LogP contribution in [0.3, 0.4) is 0 Å². The van der Waals surface area contributed by atoms with E-state index in [9.17, 15) is 9.90 Å². The Kier molecular flexibility index (Phi) is 5.71. The van der Waals surface area contributed by atoms with Crippen molar-refractivity contribution in [3.63, 3.8) is 0 Å². The van der Waals surface area contributed by atoms with E-state index in [2.05, 4.69) is 15.5 Å². The number of rotatable bonds is 6. The molecule has 134 valence electrons. The van der Waals surface area contributed by atoms with Crippen molar-refractivity contribution in [3.05, 3.63) is 76.4 Å². The number of aryl methyl sites for hydroxylation is 1. The molecule has 3 N–H and O–H groups in total. The Hall–Kier alpha value is -2.63. The van der Waals surface area contributed by atoms with Gasteiger partial charge in [0.05, 0.1) is 23.4 Å². The van der Waals surface area contributed by atoms with E-state index in [0.29, 0.717) is 22.8 Å². The zero-order valence-electron chi connectivity index (χ0n) is 14.4. The van der Waals surface area contributed by atoms with Crippen molar-refractivity contribution in [2.45, 2.75) is 19.4 Å². The molecular weight excluding hydrogens is 350 g/mol. The Balaban J connectivity index is 1.69. The molecule has 0 aliphatic heterocycles. The van der Waals surface area contributed by atoms with Gasteiger partial charge in [-0.05, 0) is 31.0 Å². The van der Waals surface area contributed by atoms with E-state index >= 15 is 0 Å². The van der Waals surface area contributed by atoms with Crippen molar-refractivity contribution in [1.29, 1.82) is 0 Å².